The fraction of sp³-hybridized carbons (Fsp3) is 0.214. The first-order valence-electron chi connectivity index (χ1n) is 6.38. The maximum absolute atomic E-state index is 5.48. The Labute approximate surface area is 121 Å². The Morgan fingerprint density at radius 2 is 2.00 bits per heavy atom. The lowest BCUT2D eigenvalue weighted by atomic mass is 10.1. The first kappa shape index (κ1) is 13.2. The molecular formula is C14H15N5O2. The number of para-hydroxylation sites is 1. The van der Waals surface area contributed by atoms with Crippen LogP contribution in [0.25, 0.3) is 22.3 Å². The Hall–Kier alpha value is -2.83. The third-order valence-corrected chi connectivity index (χ3v) is 3.19. The van der Waals surface area contributed by atoms with Gasteiger partial charge in [-0.15, -0.1) is 0 Å². The summed E-state index contributed by atoms with van der Waals surface area (Å²) in [4.78, 5) is 8.85. The first-order valence-corrected chi connectivity index (χ1v) is 6.38. The Morgan fingerprint density at radius 3 is 2.71 bits per heavy atom. The van der Waals surface area contributed by atoms with Gasteiger partial charge in [0, 0.05) is 12.6 Å². The minimum Gasteiger partial charge on any atom is -0.493 e. The van der Waals surface area contributed by atoms with E-state index in [4.69, 9.17) is 9.47 Å². The molecule has 2 heterocycles. The number of benzene rings is 1. The fourth-order valence-corrected chi connectivity index (χ4v) is 2.23. The van der Waals surface area contributed by atoms with E-state index in [0.717, 1.165) is 16.6 Å². The van der Waals surface area contributed by atoms with E-state index >= 15 is 0 Å². The molecule has 0 fully saturated rings. The summed E-state index contributed by atoms with van der Waals surface area (Å²) in [6.45, 7) is 0. The SMILES string of the molecule is CNc1nc(-c2cccc(OC)c2OC)c2cn[nH]c2n1. The third-order valence-electron chi connectivity index (χ3n) is 3.19. The topological polar surface area (TPSA) is 85.0 Å². The van der Waals surface area contributed by atoms with Crippen LogP contribution in [0.4, 0.5) is 5.95 Å². The van der Waals surface area contributed by atoms with Crippen LogP contribution in [0.3, 0.4) is 0 Å². The van der Waals surface area contributed by atoms with Gasteiger partial charge in [-0.3, -0.25) is 5.10 Å². The van der Waals surface area contributed by atoms with Gasteiger partial charge in [-0.05, 0) is 12.1 Å². The number of ether oxygens (including phenoxy) is 2. The summed E-state index contributed by atoms with van der Waals surface area (Å²) < 4.78 is 10.8. The minimum absolute atomic E-state index is 0.506. The van der Waals surface area contributed by atoms with E-state index in [2.05, 4.69) is 25.5 Å². The number of aromatic amines is 1. The van der Waals surface area contributed by atoms with E-state index in [1.807, 2.05) is 18.2 Å². The molecule has 0 aliphatic rings. The minimum atomic E-state index is 0.506. The third kappa shape index (κ3) is 2.12. The molecule has 0 saturated carbocycles. The summed E-state index contributed by atoms with van der Waals surface area (Å²) in [6.07, 6.45) is 1.70. The van der Waals surface area contributed by atoms with Gasteiger partial charge in [-0.2, -0.15) is 10.1 Å². The fourth-order valence-electron chi connectivity index (χ4n) is 2.23. The molecule has 3 rings (SSSR count). The van der Waals surface area contributed by atoms with Crippen LogP contribution in [0, 0.1) is 0 Å². The van der Waals surface area contributed by atoms with Crippen molar-refractivity contribution in [3.05, 3.63) is 24.4 Å². The normalized spacial score (nSPS) is 10.6. The van der Waals surface area contributed by atoms with Crippen molar-refractivity contribution >= 4 is 17.0 Å². The van der Waals surface area contributed by atoms with Crippen LogP contribution in [-0.4, -0.2) is 41.4 Å². The first-order chi connectivity index (χ1) is 10.3. The predicted molar refractivity (Wildman–Crippen MR) is 79.8 cm³/mol. The highest BCUT2D eigenvalue weighted by Crippen LogP contribution is 2.39. The van der Waals surface area contributed by atoms with Crippen LogP contribution in [-0.2, 0) is 0 Å². The van der Waals surface area contributed by atoms with Gasteiger partial charge < -0.3 is 14.8 Å². The number of nitrogens with one attached hydrogen (secondary N) is 2. The molecule has 7 heteroatoms. The molecule has 0 atom stereocenters. The summed E-state index contributed by atoms with van der Waals surface area (Å²) >= 11 is 0. The van der Waals surface area contributed by atoms with Crippen molar-refractivity contribution in [1.29, 1.82) is 0 Å². The number of aromatic nitrogens is 4. The van der Waals surface area contributed by atoms with E-state index in [0.29, 0.717) is 23.1 Å². The van der Waals surface area contributed by atoms with Crippen molar-refractivity contribution in [2.75, 3.05) is 26.6 Å². The van der Waals surface area contributed by atoms with Crippen molar-refractivity contribution in [1.82, 2.24) is 20.2 Å². The van der Waals surface area contributed by atoms with E-state index in [1.54, 1.807) is 27.5 Å². The second kappa shape index (κ2) is 5.28. The van der Waals surface area contributed by atoms with Crippen LogP contribution < -0.4 is 14.8 Å². The molecule has 0 aliphatic carbocycles. The lowest BCUT2D eigenvalue weighted by Gasteiger charge is -2.13. The molecule has 2 N–H and O–H groups in total. The highest BCUT2D eigenvalue weighted by atomic mass is 16.5. The Kier molecular flexibility index (Phi) is 3.31. The standard InChI is InChI=1S/C14H15N5O2/c1-15-14-17-11(9-7-16-19-13(9)18-14)8-5-4-6-10(20-2)12(8)21-3/h4-7H,1-3H3,(H2,15,16,17,18,19). The second-order valence-electron chi connectivity index (χ2n) is 4.32. The molecule has 0 spiro atoms. The molecule has 1 aromatic carbocycles. The molecule has 0 amide bonds. The van der Waals surface area contributed by atoms with Crippen molar-refractivity contribution in [3.8, 4) is 22.8 Å². The van der Waals surface area contributed by atoms with Crippen LogP contribution in [0.1, 0.15) is 0 Å². The molecular weight excluding hydrogens is 270 g/mol. The van der Waals surface area contributed by atoms with Crippen LogP contribution in [0.2, 0.25) is 0 Å². The Balaban J connectivity index is 2.32. The summed E-state index contributed by atoms with van der Waals surface area (Å²) in [7, 11) is 4.98. The zero-order valence-electron chi connectivity index (χ0n) is 12.0. The second-order valence-corrected chi connectivity index (χ2v) is 4.32. The quantitative estimate of drug-likeness (QED) is 0.763. The largest absolute Gasteiger partial charge is 0.493 e. The maximum atomic E-state index is 5.48. The number of fused-ring (bicyclic) bond motifs is 1. The molecule has 0 unspecified atom stereocenters. The average molecular weight is 285 g/mol. The van der Waals surface area contributed by atoms with Gasteiger partial charge in [0.15, 0.2) is 17.1 Å². The molecule has 0 aliphatic heterocycles. The average Bonchev–Trinajstić information content (AvgIpc) is 3.01. The molecule has 0 radical (unpaired) electrons. The number of hydrogen-bond donors (Lipinski definition) is 2. The number of rotatable bonds is 4. The lowest BCUT2D eigenvalue weighted by molar-refractivity contribution is 0.356. The highest BCUT2D eigenvalue weighted by molar-refractivity contribution is 5.93. The van der Waals surface area contributed by atoms with Gasteiger partial charge >= 0.3 is 0 Å². The molecule has 21 heavy (non-hydrogen) atoms. The van der Waals surface area contributed by atoms with Crippen LogP contribution in [0.5, 0.6) is 11.5 Å². The molecule has 0 saturated heterocycles. The highest BCUT2D eigenvalue weighted by Gasteiger charge is 2.17. The summed E-state index contributed by atoms with van der Waals surface area (Å²) in [5.74, 6) is 1.78. The summed E-state index contributed by atoms with van der Waals surface area (Å²) in [5, 5.41) is 10.7. The van der Waals surface area contributed by atoms with Gasteiger partial charge in [0.1, 0.15) is 0 Å². The molecule has 0 bridgehead atoms. The Bertz CT molecular complexity index is 784. The molecule has 2 aromatic heterocycles. The number of anilines is 1. The Morgan fingerprint density at radius 1 is 1.14 bits per heavy atom. The van der Waals surface area contributed by atoms with Gasteiger partial charge in [-0.25, -0.2) is 4.98 Å². The van der Waals surface area contributed by atoms with Crippen LogP contribution >= 0.6 is 0 Å². The van der Waals surface area contributed by atoms with Crippen molar-refractivity contribution < 1.29 is 9.47 Å². The van der Waals surface area contributed by atoms with E-state index < -0.39 is 0 Å². The van der Waals surface area contributed by atoms with E-state index in [-0.39, 0.29) is 0 Å². The zero-order chi connectivity index (χ0) is 14.8. The van der Waals surface area contributed by atoms with Crippen molar-refractivity contribution in [3.63, 3.8) is 0 Å². The van der Waals surface area contributed by atoms with Crippen molar-refractivity contribution in [2.45, 2.75) is 0 Å². The molecule has 108 valence electrons. The number of hydrogen-bond acceptors (Lipinski definition) is 6. The summed E-state index contributed by atoms with van der Waals surface area (Å²) in [5.41, 5.74) is 2.21. The van der Waals surface area contributed by atoms with E-state index in [1.165, 1.54) is 0 Å². The van der Waals surface area contributed by atoms with Gasteiger partial charge in [-0.1, -0.05) is 6.07 Å². The van der Waals surface area contributed by atoms with Crippen LogP contribution in [0.15, 0.2) is 24.4 Å². The number of H-pyrrole nitrogens is 1. The number of nitrogens with zero attached hydrogens (tertiary/aromatic N) is 3. The lowest BCUT2D eigenvalue weighted by Crippen LogP contribution is -2.00. The van der Waals surface area contributed by atoms with Gasteiger partial charge in [0.2, 0.25) is 5.95 Å². The monoisotopic (exact) mass is 285 g/mol. The summed E-state index contributed by atoms with van der Waals surface area (Å²) in [6, 6.07) is 5.66. The van der Waals surface area contributed by atoms with Crippen molar-refractivity contribution in [2.24, 2.45) is 0 Å². The molecule has 7 nitrogen and oxygen atoms in total. The van der Waals surface area contributed by atoms with Gasteiger partial charge in [0.05, 0.1) is 31.5 Å². The van der Waals surface area contributed by atoms with E-state index in [9.17, 15) is 0 Å². The smallest absolute Gasteiger partial charge is 0.225 e. The molecule has 3 aromatic rings. The predicted octanol–water partition coefficient (Wildman–Crippen LogP) is 2.08. The maximum Gasteiger partial charge on any atom is 0.225 e. The zero-order valence-corrected chi connectivity index (χ0v) is 12.0. The van der Waals surface area contributed by atoms with Gasteiger partial charge in [0.25, 0.3) is 0 Å². The number of methoxy groups -OCH3 is 2.